The van der Waals surface area contributed by atoms with Crippen molar-refractivity contribution in [2.75, 3.05) is 27.7 Å². The molecule has 0 spiro atoms. The highest BCUT2D eigenvalue weighted by atomic mass is 35.5. The lowest BCUT2D eigenvalue weighted by Crippen LogP contribution is -3.00. The Labute approximate surface area is 164 Å². The summed E-state index contributed by atoms with van der Waals surface area (Å²) in [7, 11) is 6.86. The third-order valence-electron chi connectivity index (χ3n) is 4.22. The van der Waals surface area contributed by atoms with Gasteiger partial charge in [0.1, 0.15) is 0 Å². The Morgan fingerprint density at radius 1 is 0.760 bits per heavy atom. The van der Waals surface area contributed by atoms with Gasteiger partial charge in [-0.3, -0.25) is 0 Å². The van der Waals surface area contributed by atoms with E-state index in [1.807, 2.05) is 36.4 Å². The predicted octanol–water partition coefficient (Wildman–Crippen LogP) is 3.95. The normalized spacial score (nSPS) is 10.4. The van der Waals surface area contributed by atoms with Gasteiger partial charge in [0.25, 0.3) is 0 Å². The summed E-state index contributed by atoms with van der Waals surface area (Å²) < 4.78 is 1.12. The van der Waals surface area contributed by atoms with E-state index in [0.717, 1.165) is 4.48 Å². The minimum Gasteiger partial charge on any atom is -1.00 e. The average Bonchev–Trinajstić information content (AvgIpc) is 2.57. The Bertz CT molecular complexity index is 381. The van der Waals surface area contributed by atoms with E-state index in [1.54, 1.807) is 0 Å². The maximum atomic E-state index is 3.63. The lowest BCUT2D eigenvalue weighted by Gasteiger charge is -2.23. The number of nitrogens with zero attached hydrogens (tertiary/aromatic N) is 1. The fraction of sp³-hybridized carbons (Fsp3) is 0.652. The van der Waals surface area contributed by atoms with Crippen LogP contribution in [0.3, 0.4) is 0 Å². The summed E-state index contributed by atoms with van der Waals surface area (Å²) in [6, 6.07) is 10.0. The number of rotatable bonds is 12. The number of halogens is 1. The van der Waals surface area contributed by atoms with Crippen molar-refractivity contribution in [2.45, 2.75) is 71.1 Å². The molecule has 0 atom stereocenters. The molecule has 0 unspecified atom stereocenters. The molecule has 0 fully saturated rings. The lowest BCUT2D eigenvalue weighted by molar-refractivity contribution is -0.870. The number of hydrogen-bond acceptors (Lipinski definition) is 0. The fourth-order valence-corrected chi connectivity index (χ4v) is 2.66. The van der Waals surface area contributed by atoms with E-state index in [0.29, 0.717) is 0 Å². The Balaban J connectivity index is 0. The number of quaternary nitrogens is 1. The summed E-state index contributed by atoms with van der Waals surface area (Å²) in [4.78, 5) is 0. The van der Waals surface area contributed by atoms with Crippen LogP contribution in [0.1, 0.15) is 76.7 Å². The molecule has 0 aromatic heterocycles. The highest BCUT2D eigenvalue weighted by molar-refractivity contribution is 5.45. The fourth-order valence-electron chi connectivity index (χ4n) is 2.66. The molecular formula is C23H42ClN. The van der Waals surface area contributed by atoms with Crippen molar-refractivity contribution in [2.24, 2.45) is 0 Å². The van der Waals surface area contributed by atoms with E-state index in [-0.39, 0.29) is 12.4 Å². The van der Waals surface area contributed by atoms with Gasteiger partial charge in [-0.2, -0.15) is 0 Å². The van der Waals surface area contributed by atoms with E-state index in [1.165, 1.54) is 76.3 Å². The van der Waals surface area contributed by atoms with Crippen LogP contribution < -0.4 is 12.4 Å². The summed E-state index contributed by atoms with van der Waals surface area (Å²) in [5.74, 6) is 0. The molecule has 0 aliphatic carbocycles. The first-order valence-electron chi connectivity index (χ1n) is 9.97. The molecule has 1 nitrogen and oxygen atoms in total. The van der Waals surface area contributed by atoms with Crippen molar-refractivity contribution < 1.29 is 16.9 Å². The molecule has 0 N–H and O–H groups in total. The van der Waals surface area contributed by atoms with Gasteiger partial charge in [0.05, 0.1) is 27.7 Å². The quantitative estimate of drug-likeness (QED) is 0.387. The molecule has 1 aromatic carbocycles. The molecule has 0 aliphatic rings. The van der Waals surface area contributed by atoms with Crippen molar-refractivity contribution in [3.05, 3.63) is 42.5 Å². The van der Waals surface area contributed by atoms with Crippen LogP contribution in [0, 0.1) is 0 Å². The van der Waals surface area contributed by atoms with Crippen LogP contribution >= 0.6 is 0 Å². The highest BCUT2D eigenvalue weighted by Gasteiger charge is 2.04. The van der Waals surface area contributed by atoms with Crippen LogP contribution in [0.15, 0.2) is 36.9 Å². The molecule has 146 valence electrons. The van der Waals surface area contributed by atoms with Crippen LogP contribution in [0.2, 0.25) is 0 Å². The summed E-state index contributed by atoms with van der Waals surface area (Å²) in [6.07, 6.45) is 16.2. The molecule has 0 radical (unpaired) electrons. The van der Waals surface area contributed by atoms with E-state index < -0.39 is 0 Å². The van der Waals surface area contributed by atoms with Gasteiger partial charge in [-0.05, 0) is 18.4 Å². The molecular weight excluding hydrogens is 326 g/mol. The van der Waals surface area contributed by atoms with Crippen LogP contribution in [-0.2, 0) is 0 Å². The second-order valence-electron chi connectivity index (χ2n) is 7.81. The molecule has 0 bridgehead atoms. The number of unbranched alkanes of at least 4 members (excludes halogenated alkanes) is 9. The lowest BCUT2D eigenvalue weighted by atomic mass is 10.1. The van der Waals surface area contributed by atoms with E-state index in [2.05, 4.69) is 34.6 Å². The zero-order chi connectivity index (χ0) is 18.1. The van der Waals surface area contributed by atoms with E-state index in [9.17, 15) is 0 Å². The summed E-state index contributed by atoms with van der Waals surface area (Å²) in [5, 5.41) is 0. The van der Waals surface area contributed by atoms with Crippen LogP contribution in [0.5, 0.6) is 0 Å². The van der Waals surface area contributed by atoms with Gasteiger partial charge in [-0.15, -0.1) is 0 Å². The predicted molar refractivity (Wildman–Crippen MR) is 111 cm³/mol. The maximum absolute atomic E-state index is 3.63. The largest absolute Gasteiger partial charge is 1.00 e. The highest BCUT2D eigenvalue weighted by Crippen LogP contribution is 2.11. The zero-order valence-corrected chi connectivity index (χ0v) is 18.0. The van der Waals surface area contributed by atoms with Crippen molar-refractivity contribution in [3.63, 3.8) is 0 Å². The molecule has 0 aliphatic heterocycles. The first kappa shape index (κ1) is 26.4. The molecule has 0 saturated carbocycles. The third-order valence-corrected chi connectivity index (χ3v) is 4.22. The molecule has 0 saturated heterocycles. The van der Waals surface area contributed by atoms with Crippen molar-refractivity contribution in [1.29, 1.82) is 0 Å². The second-order valence-corrected chi connectivity index (χ2v) is 7.81. The van der Waals surface area contributed by atoms with Gasteiger partial charge in [0.2, 0.25) is 0 Å². The monoisotopic (exact) mass is 367 g/mol. The van der Waals surface area contributed by atoms with Crippen LogP contribution in [0.25, 0.3) is 6.08 Å². The molecule has 2 heteroatoms. The first-order valence-corrected chi connectivity index (χ1v) is 9.97. The second kappa shape index (κ2) is 18.0. The zero-order valence-electron chi connectivity index (χ0n) is 17.3. The van der Waals surface area contributed by atoms with Crippen LogP contribution in [0.4, 0.5) is 0 Å². The van der Waals surface area contributed by atoms with Crippen molar-refractivity contribution in [3.8, 4) is 0 Å². The van der Waals surface area contributed by atoms with Gasteiger partial charge >= 0.3 is 0 Å². The number of hydrogen-bond donors (Lipinski definition) is 0. The first-order chi connectivity index (χ1) is 11.5. The van der Waals surface area contributed by atoms with Gasteiger partial charge in [0.15, 0.2) is 0 Å². The molecule has 25 heavy (non-hydrogen) atoms. The summed E-state index contributed by atoms with van der Waals surface area (Å²) in [5.41, 5.74) is 1.17. The minimum atomic E-state index is 0. The summed E-state index contributed by atoms with van der Waals surface area (Å²) >= 11 is 0. The van der Waals surface area contributed by atoms with E-state index >= 15 is 0 Å². The van der Waals surface area contributed by atoms with Gasteiger partial charge in [-0.25, -0.2) is 0 Å². The van der Waals surface area contributed by atoms with Gasteiger partial charge < -0.3 is 16.9 Å². The summed E-state index contributed by atoms with van der Waals surface area (Å²) in [6.45, 7) is 7.25. The van der Waals surface area contributed by atoms with Crippen LogP contribution in [-0.4, -0.2) is 32.2 Å². The van der Waals surface area contributed by atoms with Crippen molar-refractivity contribution >= 4 is 6.08 Å². The SMILES string of the molecule is C=Cc1ccccc1.CCCCCCCCCCCC[N+](C)(C)C.[Cl-]. The minimum absolute atomic E-state index is 0. The Hall–Kier alpha value is -0.790. The molecule has 0 heterocycles. The third kappa shape index (κ3) is 21.2. The standard InChI is InChI=1S/C15H34N.C8H8.ClH/c1-5-6-7-8-9-10-11-12-13-14-15-16(2,3)4;1-2-8-6-4-3-5-7-8;/h5-15H2,1-4H3;2-7H,1H2;1H/q+1;;/p-1. The number of benzene rings is 1. The maximum Gasteiger partial charge on any atom is 0.0780 e. The van der Waals surface area contributed by atoms with Gasteiger partial charge in [-0.1, -0.05) is 101 Å². The topological polar surface area (TPSA) is 0 Å². The van der Waals surface area contributed by atoms with Gasteiger partial charge in [0, 0.05) is 0 Å². The Morgan fingerprint density at radius 3 is 1.56 bits per heavy atom. The van der Waals surface area contributed by atoms with E-state index in [4.69, 9.17) is 0 Å². The molecule has 1 rings (SSSR count). The molecule has 0 amide bonds. The smallest absolute Gasteiger partial charge is 0.0780 e. The molecule has 1 aromatic rings. The van der Waals surface area contributed by atoms with Crippen molar-refractivity contribution in [1.82, 2.24) is 0 Å². The average molecular weight is 368 g/mol. The Morgan fingerprint density at radius 2 is 1.20 bits per heavy atom. The Kier molecular flexibility index (Phi) is 19.1.